The third kappa shape index (κ3) is 15.5. The molecule has 13 heteroatoms. The van der Waals surface area contributed by atoms with Gasteiger partial charge in [-0.25, -0.2) is 9.97 Å². The maximum atomic E-state index is 11.0. The van der Waals surface area contributed by atoms with Crippen LogP contribution in [0, 0.1) is 37.5 Å². The largest absolute Gasteiger partial charge is 2.00 e. The topological polar surface area (TPSA) is 131 Å². The number of ether oxygens (including phenoxy) is 2. The number of carbonyl (C=O) groups excluding carboxylic acids is 2. The van der Waals surface area contributed by atoms with E-state index in [0.29, 0.717) is 13.2 Å². The fourth-order valence-electron chi connectivity index (χ4n) is 8.29. The standard InChI is InChI=1S/2C27H28N2O3S.Ca/c2*1-3-5-23(15-27(30)31)22-8-10-24(11-9-22)32-18-21-7-4-6-20(14-21)16-29-13-12-25-26(17-29)33-19(2)28-25;/h2*4,6-11,14,23H,12-13,15-18H2,1-2H3,(H,30,31);/q;;+2/p-2/t2*23-;/m00./s1. The Hall–Kier alpha value is -5.02. The average molecular weight is 959 g/mol. The Morgan fingerprint density at radius 3 is 1.39 bits per heavy atom. The molecule has 8 rings (SSSR count). The van der Waals surface area contributed by atoms with Crippen molar-refractivity contribution in [2.24, 2.45) is 0 Å². The van der Waals surface area contributed by atoms with Crippen molar-refractivity contribution in [3.63, 3.8) is 0 Å². The second-order valence-electron chi connectivity index (χ2n) is 16.5. The van der Waals surface area contributed by atoms with Crippen LogP contribution in [-0.4, -0.2) is 82.5 Å². The van der Waals surface area contributed by atoms with Crippen molar-refractivity contribution >= 4 is 72.4 Å². The summed E-state index contributed by atoms with van der Waals surface area (Å²) in [6, 6.07) is 32.0. The van der Waals surface area contributed by atoms with Crippen LogP contribution in [0.3, 0.4) is 0 Å². The first kappa shape index (κ1) is 51.4. The van der Waals surface area contributed by atoms with Crippen molar-refractivity contribution in [3.05, 3.63) is 162 Å². The van der Waals surface area contributed by atoms with Gasteiger partial charge in [-0.2, -0.15) is 0 Å². The van der Waals surface area contributed by atoms with E-state index in [9.17, 15) is 19.8 Å². The van der Waals surface area contributed by atoms with E-state index in [2.05, 4.69) is 106 Å². The number of fused-ring (bicyclic) bond motifs is 2. The van der Waals surface area contributed by atoms with E-state index >= 15 is 0 Å². The third-order valence-corrected chi connectivity index (χ3v) is 13.4. The first-order valence-corrected chi connectivity index (χ1v) is 23.8. The molecule has 6 aromatic rings. The Kier molecular flexibility index (Phi) is 19.5. The molecule has 2 aromatic heterocycles. The molecule has 4 aromatic carbocycles. The molecule has 0 saturated heterocycles. The number of benzene rings is 4. The van der Waals surface area contributed by atoms with Crippen molar-refractivity contribution < 1.29 is 29.3 Å². The smallest absolute Gasteiger partial charge is 0.550 e. The van der Waals surface area contributed by atoms with Crippen molar-refractivity contribution in [1.29, 1.82) is 0 Å². The van der Waals surface area contributed by atoms with Crippen LogP contribution in [0.15, 0.2) is 97.1 Å². The molecular formula is C54H54CaN4O6S2. The first-order chi connectivity index (χ1) is 32.0. The molecule has 340 valence electrons. The van der Waals surface area contributed by atoms with Crippen LogP contribution in [0.4, 0.5) is 0 Å². The van der Waals surface area contributed by atoms with Crippen LogP contribution in [0.1, 0.15) is 103 Å². The quantitative estimate of drug-likeness (QED) is 0.0721. The fourth-order valence-corrected chi connectivity index (χ4v) is 10.3. The second-order valence-corrected chi connectivity index (χ2v) is 19.1. The van der Waals surface area contributed by atoms with E-state index in [1.165, 1.54) is 32.3 Å². The van der Waals surface area contributed by atoms with Gasteiger partial charge in [0.05, 0.1) is 33.2 Å². The molecule has 0 amide bonds. The molecule has 0 unspecified atom stereocenters. The number of aryl methyl sites for hydroxylation is 2. The number of aliphatic carboxylic acids is 2. The van der Waals surface area contributed by atoms with Gasteiger partial charge in [-0.15, -0.1) is 34.5 Å². The Balaban J connectivity index is 0.000000218. The average Bonchev–Trinajstić information content (AvgIpc) is 3.87. The fraction of sp³-hybridized carbons (Fsp3) is 0.333. The zero-order valence-electron chi connectivity index (χ0n) is 38.6. The monoisotopic (exact) mass is 958 g/mol. The number of nitrogens with zero attached hydrogens (tertiary/aromatic N) is 4. The van der Waals surface area contributed by atoms with Crippen molar-refractivity contribution in [1.82, 2.24) is 19.8 Å². The number of carboxylic acid groups (broad SMARTS) is 2. The van der Waals surface area contributed by atoms with E-state index in [0.717, 1.165) is 95.9 Å². The first-order valence-electron chi connectivity index (χ1n) is 22.2. The number of carbonyl (C=O) groups is 2. The molecule has 0 radical (unpaired) electrons. The number of aromatic nitrogens is 2. The van der Waals surface area contributed by atoms with Gasteiger partial charge in [0, 0.05) is 86.6 Å². The zero-order valence-corrected chi connectivity index (χ0v) is 42.5. The van der Waals surface area contributed by atoms with Gasteiger partial charge in [0.2, 0.25) is 0 Å². The van der Waals surface area contributed by atoms with E-state index < -0.39 is 11.9 Å². The van der Waals surface area contributed by atoms with Gasteiger partial charge in [-0.3, -0.25) is 9.80 Å². The Bertz CT molecular complexity index is 2540. The van der Waals surface area contributed by atoms with Crippen LogP contribution in [0.2, 0.25) is 0 Å². The summed E-state index contributed by atoms with van der Waals surface area (Å²) in [5, 5.41) is 24.3. The minimum Gasteiger partial charge on any atom is -0.550 e. The molecule has 0 spiro atoms. The molecule has 0 aliphatic carbocycles. The normalized spacial score (nSPS) is 13.9. The summed E-state index contributed by atoms with van der Waals surface area (Å²) in [5.41, 5.74) is 9.04. The minimum atomic E-state index is -1.10. The minimum absolute atomic E-state index is 0. The maximum absolute atomic E-state index is 11.0. The molecule has 2 atom stereocenters. The van der Waals surface area contributed by atoms with Gasteiger partial charge in [-0.05, 0) is 85.3 Å². The SMILES string of the molecule is CC#C[C@@H](CC(=O)[O-])c1ccc(OCc2cccc(CN3CCc4nc(C)sc4C3)c2)cc1.CC#C[C@@H](CC(=O)[O-])c1ccc(OCc2cccc(CN3CCc4nc(C)sc4C3)c2)cc1.[Ca+2]. The van der Waals surface area contributed by atoms with Crippen molar-refractivity contribution in [3.8, 4) is 35.2 Å². The van der Waals surface area contributed by atoms with Gasteiger partial charge in [0.25, 0.3) is 0 Å². The molecule has 0 fully saturated rings. The molecule has 0 N–H and O–H groups in total. The van der Waals surface area contributed by atoms with E-state index in [4.69, 9.17) is 9.47 Å². The van der Waals surface area contributed by atoms with Crippen LogP contribution in [-0.2, 0) is 61.8 Å². The molecule has 0 bridgehead atoms. The van der Waals surface area contributed by atoms with Crippen LogP contribution < -0.4 is 19.7 Å². The molecule has 0 saturated carbocycles. The van der Waals surface area contributed by atoms with Crippen LogP contribution in [0.25, 0.3) is 0 Å². The predicted molar refractivity (Wildman–Crippen MR) is 261 cm³/mol. The van der Waals surface area contributed by atoms with Crippen LogP contribution >= 0.6 is 22.7 Å². The third-order valence-electron chi connectivity index (χ3n) is 11.4. The summed E-state index contributed by atoms with van der Waals surface area (Å²) in [5.74, 6) is 10.00. The van der Waals surface area contributed by atoms with Gasteiger partial charge in [0.1, 0.15) is 24.7 Å². The zero-order chi connectivity index (χ0) is 46.4. The second kappa shape index (κ2) is 25.4. The predicted octanol–water partition coefficient (Wildman–Crippen LogP) is 7.29. The van der Waals surface area contributed by atoms with Gasteiger partial charge in [0.15, 0.2) is 0 Å². The Labute approximate surface area is 432 Å². The van der Waals surface area contributed by atoms with Gasteiger partial charge >= 0.3 is 37.7 Å². The molecule has 2 aliphatic heterocycles. The number of hydrogen-bond acceptors (Lipinski definition) is 12. The number of thiazole rings is 2. The van der Waals surface area contributed by atoms with E-state index in [-0.39, 0.29) is 62.4 Å². The van der Waals surface area contributed by atoms with E-state index in [1.54, 1.807) is 13.8 Å². The number of carboxylic acids is 2. The van der Waals surface area contributed by atoms with E-state index in [1.807, 2.05) is 71.2 Å². The van der Waals surface area contributed by atoms with Crippen molar-refractivity contribution in [2.75, 3.05) is 13.1 Å². The van der Waals surface area contributed by atoms with Crippen molar-refractivity contribution in [2.45, 2.75) is 105 Å². The molecule has 10 nitrogen and oxygen atoms in total. The molecular weight excluding hydrogens is 905 g/mol. The molecule has 2 aliphatic rings. The summed E-state index contributed by atoms with van der Waals surface area (Å²) in [7, 11) is 0. The summed E-state index contributed by atoms with van der Waals surface area (Å²) < 4.78 is 12.0. The van der Waals surface area contributed by atoms with Gasteiger partial charge < -0.3 is 29.3 Å². The summed E-state index contributed by atoms with van der Waals surface area (Å²) in [4.78, 5) is 39.0. The summed E-state index contributed by atoms with van der Waals surface area (Å²) >= 11 is 3.62. The Morgan fingerprint density at radius 2 is 1.01 bits per heavy atom. The molecule has 4 heterocycles. The van der Waals surface area contributed by atoms with Crippen LogP contribution in [0.5, 0.6) is 11.5 Å². The molecule has 67 heavy (non-hydrogen) atoms. The Morgan fingerprint density at radius 1 is 0.627 bits per heavy atom. The summed E-state index contributed by atoms with van der Waals surface area (Å²) in [6.07, 6.45) is 1.81. The number of rotatable bonds is 16. The number of hydrogen-bond donors (Lipinski definition) is 0. The van der Waals surface area contributed by atoms with Gasteiger partial charge in [-0.1, -0.05) is 84.6 Å². The summed E-state index contributed by atoms with van der Waals surface area (Å²) in [6.45, 7) is 14.3. The maximum Gasteiger partial charge on any atom is 2.00 e.